The van der Waals surface area contributed by atoms with Crippen LogP contribution in [0.5, 0.6) is 0 Å². The average molecular weight is 391 g/mol. The Morgan fingerprint density at radius 1 is 1.04 bits per heavy atom. The lowest BCUT2D eigenvalue weighted by Crippen LogP contribution is -2.45. The number of amides is 2. The molecule has 138 valence electrons. The molecular formula is C20H23ClN2O2S. The van der Waals surface area contributed by atoms with Crippen LogP contribution < -0.4 is 10.6 Å². The summed E-state index contributed by atoms with van der Waals surface area (Å²) in [7, 11) is 0. The van der Waals surface area contributed by atoms with Crippen molar-refractivity contribution in [1.82, 2.24) is 10.6 Å². The molecule has 26 heavy (non-hydrogen) atoms. The van der Waals surface area contributed by atoms with E-state index < -0.39 is 6.04 Å². The van der Waals surface area contributed by atoms with Gasteiger partial charge < -0.3 is 10.6 Å². The standard InChI is InChI=1S/C20H23ClN2O2S/c1-3-22-20(25)14(2)23-18(24)13-26-19(15-7-5-4-6-8-15)16-9-11-17(21)12-10-16/h4-12,14,19H,3,13H2,1-2H3,(H,22,25)(H,23,24)/t14-,19+/m0/s1. The van der Waals surface area contributed by atoms with Crippen LogP contribution in [-0.4, -0.2) is 30.2 Å². The molecule has 0 radical (unpaired) electrons. The highest BCUT2D eigenvalue weighted by atomic mass is 35.5. The molecule has 2 N–H and O–H groups in total. The second-order valence-electron chi connectivity index (χ2n) is 5.84. The number of carbonyl (C=O) groups excluding carboxylic acids is 2. The van der Waals surface area contributed by atoms with E-state index in [0.717, 1.165) is 11.1 Å². The number of halogens is 1. The Morgan fingerprint density at radius 3 is 2.27 bits per heavy atom. The van der Waals surface area contributed by atoms with Crippen LogP contribution in [0.2, 0.25) is 5.02 Å². The average Bonchev–Trinajstić information content (AvgIpc) is 2.64. The van der Waals surface area contributed by atoms with Crippen molar-refractivity contribution in [3.05, 3.63) is 70.7 Å². The van der Waals surface area contributed by atoms with Crippen LogP contribution >= 0.6 is 23.4 Å². The molecule has 2 rings (SSSR count). The molecule has 0 saturated heterocycles. The lowest BCUT2D eigenvalue weighted by molar-refractivity contribution is -0.127. The Balaban J connectivity index is 2.04. The lowest BCUT2D eigenvalue weighted by atomic mass is 10.0. The summed E-state index contributed by atoms with van der Waals surface area (Å²) >= 11 is 7.52. The zero-order valence-electron chi connectivity index (χ0n) is 14.9. The van der Waals surface area contributed by atoms with Gasteiger partial charge >= 0.3 is 0 Å². The third-order valence-corrected chi connectivity index (χ3v) is 5.34. The van der Waals surface area contributed by atoms with Crippen molar-refractivity contribution in [1.29, 1.82) is 0 Å². The third-order valence-electron chi connectivity index (χ3n) is 3.78. The van der Waals surface area contributed by atoms with E-state index in [0.29, 0.717) is 11.6 Å². The molecule has 4 nitrogen and oxygen atoms in total. The van der Waals surface area contributed by atoms with E-state index in [9.17, 15) is 9.59 Å². The van der Waals surface area contributed by atoms with Crippen molar-refractivity contribution in [2.75, 3.05) is 12.3 Å². The Bertz CT molecular complexity index is 722. The molecule has 0 aliphatic heterocycles. The molecule has 0 unspecified atom stereocenters. The zero-order chi connectivity index (χ0) is 18.9. The SMILES string of the molecule is CCNC(=O)[C@H](C)NC(=O)CS[C@H](c1ccccc1)c1ccc(Cl)cc1. The molecule has 0 fully saturated rings. The van der Waals surface area contributed by atoms with E-state index >= 15 is 0 Å². The number of benzene rings is 2. The van der Waals surface area contributed by atoms with Crippen molar-refractivity contribution in [2.24, 2.45) is 0 Å². The quantitative estimate of drug-likeness (QED) is 0.720. The van der Waals surface area contributed by atoms with Crippen molar-refractivity contribution in [3.63, 3.8) is 0 Å². The van der Waals surface area contributed by atoms with Crippen molar-refractivity contribution in [3.8, 4) is 0 Å². The fourth-order valence-corrected chi connectivity index (χ4v) is 3.71. The number of nitrogens with one attached hydrogen (secondary N) is 2. The second-order valence-corrected chi connectivity index (χ2v) is 7.37. The van der Waals surface area contributed by atoms with E-state index in [4.69, 9.17) is 11.6 Å². The summed E-state index contributed by atoms with van der Waals surface area (Å²) < 4.78 is 0. The number of thioether (sulfide) groups is 1. The van der Waals surface area contributed by atoms with Gasteiger partial charge in [-0.05, 0) is 37.1 Å². The van der Waals surface area contributed by atoms with Crippen LogP contribution in [0.25, 0.3) is 0 Å². The Hall–Kier alpha value is -1.98. The van der Waals surface area contributed by atoms with Gasteiger partial charge in [0.25, 0.3) is 0 Å². The smallest absolute Gasteiger partial charge is 0.242 e. The largest absolute Gasteiger partial charge is 0.355 e. The molecule has 2 aromatic rings. The number of hydrogen-bond acceptors (Lipinski definition) is 3. The Labute approximate surface area is 163 Å². The first-order chi connectivity index (χ1) is 12.5. The molecule has 6 heteroatoms. The van der Waals surface area contributed by atoms with Gasteiger partial charge in [-0.15, -0.1) is 11.8 Å². The van der Waals surface area contributed by atoms with Crippen molar-refractivity contribution in [2.45, 2.75) is 25.1 Å². The fourth-order valence-electron chi connectivity index (χ4n) is 2.49. The first-order valence-corrected chi connectivity index (χ1v) is 9.93. The Kier molecular flexibility index (Phi) is 8.01. The number of rotatable bonds is 8. The van der Waals surface area contributed by atoms with E-state index in [1.54, 1.807) is 6.92 Å². The molecule has 0 aliphatic rings. The molecule has 0 aliphatic carbocycles. The maximum Gasteiger partial charge on any atom is 0.242 e. The molecule has 0 bridgehead atoms. The summed E-state index contributed by atoms with van der Waals surface area (Å²) in [6, 6.07) is 17.1. The monoisotopic (exact) mass is 390 g/mol. The highest BCUT2D eigenvalue weighted by Gasteiger charge is 2.19. The minimum Gasteiger partial charge on any atom is -0.355 e. The number of carbonyl (C=O) groups is 2. The lowest BCUT2D eigenvalue weighted by Gasteiger charge is -2.19. The highest BCUT2D eigenvalue weighted by Crippen LogP contribution is 2.35. The molecular weight excluding hydrogens is 368 g/mol. The number of likely N-dealkylation sites (N-methyl/N-ethyl adjacent to an activating group) is 1. The van der Waals surface area contributed by atoms with Gasteiger partial charge in [-0.25, -0.2) is 0 Å². The van der Waals surface area contributed by atoms with E-state index in [2.05, 4.69) is 10.6 Å². The molecule has 2 aromatic carbocycles. The van der Waals surface area contributed by atoms with Crippen LogP contribution in [0.15, 0.2) is 54.6 Å². The van der Waals surface area contributed by atoms with Gasteiger partial charge in [0, 0.05) is 11.6 Å². The minimum atomic E-state index is -0.547. The van der Waals surface area contributed by atoms with Gasteiger partial charge in [-0.2, -0.15) is 0 Å². The van der Waals surface area contributed by atoms with Gasteiger partial charge in [-0.1, -0.05) is 54.1 Å². The maximum atomic E-state index is 12.3. The third kappa shape index (κ3) is 6.07. The molecule has 0 aromatic heterocycles. The zero-order valence-corrected chi connectivity index (χ0v) is 16.4. The predicted molar refractivity (Wildman–Crippen MR) is 108 cm³/mol. The van der Waals surface area contributed by atoms with E-state index in [1.165, 1.54) is 11.8 Å². The highest BCUT2D eigenvalue weighted by molar-refractivity contribution is 8.00. The van der Waals surface area contributed by atoms with Crippen LogP contribution in [-0.2, 0) is 9.59 Å². The minimum absolute atomic E-state index is 0.0130. The molecule has 2 amide bonds. The van der Waals surface area contributed by atoms with Crippen molar-refractivity contribution < 1.29 is 9.59 Å². The van der Waals surface area contributed by atoms with Crippen LogP contribution in [0, 0.1) is 0 Å². The van der Waals surface area contributed by atoms with Gasteiger partial charge in [-0.3, -0.25) is 9.59 Å². The van der Waals surface area contributed by atoms with E-state index in [1.807, 2.05) is 61.5 Å². The predicted octanol–water partition coefficient (Wildman–Crippen LogP) is 3.80. The molecule has 0 spiro atoms. The van der Waals surface area contributed by atoms with Crippen molar-refractivity contribution >= 4 is 35.2 Å². The summed E-state index contributed by atoms with van der Waals surface area (Å²) in [5, 5.41) is 6.13. The molecule has 0 heterocycles. The summed E-state index contributed by atoms with van der Waals surface area (Å²) in [5.74, 6) is -0.0850. The summed E-state index contributed by atoms with van der Waals surface area (Å²) in [4.78, 5) is 24.0. The van der Waals surface area contributed by atoms with Crippen LogP contribution in [0.1, 0.15) is 30.2 Å². The summed E-state index contributed by atoms with van der Waals surface area (Å²) in [6.07, 6.45) is 0. The van der Waals surface area contributed by atoms with Gasteiger partial charge in [0.1, 0.15) is 6.04 Å². The van der Waals surface area contributed by atoms with Crippen LogP contribution in [0.4, 0.5) is 0 Å². The Morgan fingerprint density at radius 2 is 1.65 bits per heavy atom. The first-order valence-electron chi connectivity index (χ1n) is 8.50. The van der Waals surface area contributed by atoms with Gasteiger partial charge in [0.15, 0.2) is 0 Å². The van der Waals surface area contributed by atoms with Crippen LogP contribution in [0.3, 0.4) is 0 Å². The first kappa shape index (κ1) is 20.3. The summed E-state index contributed by atoms with van der Waals surface area (Å²) in [5.41, 5.74) is 2.19. The normalized spacial score (nSPS) is 12.9. The second kappa shape index (κ2) is 10.2. The number of hydrogen-bond donors (Lipinski definition) is 2. The molecule has 0 saturated carbocycles. The van der Waals surface area contributed by atoms with Gasteiger partial charge in [0.2, 0.25) is 11.8 Å². The fraction of sp³-hybridized carbons (Fsp3) is 0.300. The molecule has 2 atom stereocenters. The summed E-state index contributed by atoms with van der Waals surface area (Å²) in [6.45, 7) is 4.07. The van der Waals surface area contributed by atoms with Gasteiger partial charge in [0.05, 0.1) is 11.0 Å². The topological polar surface area (TPSA) is 58.2 Å². The van der Waals surface area contributed by atoms with E-state index in [-0.39, 0.29) is 22.8 Å². The maximum absolute atomic E-state index is 12.3.